The molecule has 1 aliphatic heterocycles. The molecule has 0 atom stereocenters. The maximum atomic E-state index is 12.5. The fourth-order valence-corrected chi connectivity index (χ4v) is 3.45. The van der Waals surface area contributed by atoms with Crippen LogP contribution in [0.25, 0.3) is 5.70 Å². The second-order valence-electron chi connectivity index (χ2n) is 6.18. The number of hydrogen-bond acceptors (Lipinski definition) is 4. The molecule has 0 fully saturated rings. The molecular formula is C19H18N2O4S. The molecule has 26 heavy (non-hydrogen) atoms. The molecule has 0 radical (unpaired) electrons. The van der Waals surface area contributed by atoms with Gasteiger partial charge in [-0.25, -0.2) is 8.42 Å². The minimum absolute atomic E-state index is 0.118. The van der Waals surface area contributed by atoms with Crippen LogP contribution < -0.4 is 5.32 Å². The summed E-state index contributed by atoms with van der Waals surface area (Å²) >= 11 is 0. The Kier molecular flexibility index (Phi) is 4.41. The van der Waals surface area contributed by atoms with E-state index in [-0.39, 0.29) is 17.3 Å². The normalized spacial score (nSPS) is 13.7. The number of fused-ring (bicyclic) bond motifs is 1. The third-order valence-corrected chi connectivity index (χ3v) is 5.36. The number of nitrogens with zero attached hydrogens (tertiary/aromatic N) is 1. The fourth-order valence-electron chi connectivity index (χ4n) is 2.80. The van der Waals surface area contributed by atoms with Gasteiger partial charge in [0.25, 0.3) is 5.91 Å². The van der Waals surface area contributed by atoms with Gasteiger partial charge in [0.05, 0.1) is 4.90 Å². The van der Waals surface area contributed by atoms with Crippen LogP contribution in [0.5, 0.6) is 0 Å². The highest BCUT2D eigenvalue weighted by Crippen LogP contribution is 2.31. The zero-order valence-corrected chi connectivity index (χ0v) is 15.3. The molecule has 1 heterocycles. The van der Waals surface area contributed by atoms with Crippen molar-refractivity contribution in [3.63, 3.8) is 0 Å². The highest BCUT2D eigenvalue weighted by molar-refractivity contribution is 7.90. The van der Waals surface area contributed by atoms with Crippen molar-refractivity contribution in [2.45, 2.75) is 11.8 Å². The molecule has 2 aromatic rings. The van der Waals surface area contributed by atoms with E-state index in [9.17, 15) is 18.0 Å². The first-order chi connectivity index (χ1) is 12.2. The summed E-state index contributed by atoms with van der Waals surface area (Å²) in [6.45, 7) is 5.46. The predicted octanol–water partition coefficient (Wildman–Crippen LogP) is 2.46. The molecule has 1 aliphatic rings. The monoisotopic (exact) mass is 370 g/mol. The van der Waals surface area contributed by atoms with Gasteiger partial charge in [-0.2, -0.15) is 0 Å². The Hall–Kier alpha value is -2.93. The van der Waals surface area contributed by atoms with Gasteiger partial charge >= 0.3 is 0 Å². The molecule has 2 aromatic carbocycles. The first-order valence-electron chi connectivity index (χ1n) is 7.89. The number of carbonyl (C=O) groups excluding carboxylic acids is 2. The molecule has 7 heteroatoms. The molecule has 6 nitrogen and oxygen atoms in total. The lowest BCUT2D eigenvalue weighted by Crippen LogP contribution is -2.32. The van der Waals surface area contributed by atoms with Crippen LogP contribution in [0, 0.1) is 6.92 Å². The lowest BCUT2D eigenvalue weighted by molar-refractivity contribution is -0.116. The molecule has 0 aromatic heterocycles. The summed E-state index contributed by atoms with van der Waals surface area (Å²) in [5.41, 5.74) is 2.82. The molecule has 0 saturated heterocycles. The summed E-state index contributed by atoms with van der Waals surface area (Å²) in [6, 6.07) is 11.6. The van der Waals surface area contributed by atoms with E-state index in [2.05, 4.69) is 11.9 Å². The van der Waals surface area contributed by atoms with E-state index in [1.54, 1.807) is 37.3 Å². The Morgan fingerprint density at radius 2 is 1.81 bits per heavy atom. The Balaban J connectivity index is 1.79. The number of amides is 2. The summed E-state index contributed by atoms with van der Waals surface area (Å²) in [7, 11) is -3.38. The van der Waals surface area contributed by atoms with Crippen molar-refractivity contribution in [2.24, 2.45) is 0 Å². The van der Waals surface area contributed by atoms with Gasteiger partial charge in [-0.3, -0.25) is 14.5 Å². The van der Waals surface area contributed by atoms with Crippen molar-refractivity contribution in [3.05, 3.63) is 65.7 Å². The Morgan fingerprint density at radius 3 is 2.42 bits per heavy atom. The molecule has 3 rings (SSSR count). The van der Waals surface area contributed by atoms with Crippen LogP contribution in [-0.2, 0) is 14.6 Å². The van der Waals surface area contributed by atoms with E-state index in [1.165, 1.54) is 17.0 Å². The van der Waals surface area contributed by atoms with Crippen LogP contribution in [0.2, 0.25) is 0 Å². The van der Waals surface area contributed by atoms with Crippen molar-refractivity contribution in [1.29, 1.82) is 0 Å². The van der Waals surface area contributed by atoms with Gasteiger partial charge in [-0.1, -0.05) is 30.8 Å². The zero-order chi connectivity index (χ0) is 19.1. The van der Waals surface area contributed by atoms with Crippen molar-refractivity contribution < 1.29 is 18.0 Å². The molecular weight excluding hydrogens is 352 g/mol. The Bertz CT molecular complexity index is 1010. The molecule has 2 amide bonds. The van der Waals surface area contributed by atoms with E-state index in [1.807, 2.05) is 0 Å². The summed E-state index contributed by atoms with van der Waals surface area (Å²) in [4.78, 5) is 26.3. The maximum Gasteiger partial charge on any atom is 0.259 e. The highest BCUT2D eigenvalue weighted by atomic mass is 32.2. The number of benzene rings is 2. The summed E-state index contributed by atoms with van der Waals surface area (Å²) in [6.07, 6.45) is 1.10. The van der Waals surface area contributed by atoms with E-state index in [0.29, 0.717) is 22.5 Å². The van der Waals surface area contributed by atoms with Gasteiger partial charge in [-0.15, -0.1) is 0 Å². The lowest BCUT2D eigenvalue weighted by atomic mass is 10.1. The number of aryl methyl sites for hydroxylation is 1. The average molecular weight is 370 g/mol. The highest BCUT2D eigenvalue weighted by Gasteiger charge is 2.31. The van der Waals surface area contributed by atoms with Gasteiger partial charge in [0.15, 0.2) is 9.84 Å². The largest absolute Gasteiger partial charge is 0.324 e. The second kappa shape index (κ2) is 6.42. The number of hydrogen-bond donors (Lipinski definition) is 1. The van der Waals surface area contributed by atoms with Crippen LogP contribution in [0.4, 0.5) is 5.69 Å². The number of carbonyl (C=O) groups is 2. The van der Waals surface area contributed by atoms with Crippen LogP contribution in [0.1, 0.15) is 21.5 Å². The first-order valence-corrected chi connectivity index (χ1v) is 9.78. The van der Waals surface area contributed by atoms with Gasteiger partial charge in [0, 0.05) is 28.8 Å². The summed E-state index contributed by atoms with van der Waals surface area (Å²) < 4.78 is 23.4. The van der Waals surface area contributed by atoms with Crippen LogP contribution in [0.15, 0.2) is 53.9 Å². The van der Waals surface area contributed by atoms with Crippen LogP contribution in [0.3, 0.4) is 0 Å². The van der Waals surface area contributed by atoms with E-state index in [4.69, 9.17) is 0 Å². The van der Waals surface area contributed by atoms with Gasteiger partial charge in [-0.05, 0) is 30.7 Å². The second-order valence-corrected chi connectivity index (χ2v) is 8.20. The standard InChI is InChI=1S/C19H18N2O4S/c1-12-8-9-14(26(3,24)25)10-17(12)20-18(22)11-21-13(2)15-6-4-5-7-16(15)19(21)23/h4-10H,2,11H2,1,3H3,(H,20,22). The van der Waals surface area contributed by atoms with Crippen molar-refractivity contribution in [1.82, 2.24) is 4.90 Å². The smallest absolute Gasteiger partial charge is 0.259 e. The molecule has 0 bridgehead atoms. The molecule has 0 spiro atoms. The Morgan fingerprint density at radius 1 is 1.15 bits per heavy atom. The number of rotatable bonds is 4. The SMILES string of the molecule is C=C1c2ccccc2C(=O)N1CC(=O)Nc1cc(S(C)(=O)=O)ccc1C. The number of sulfone groups is 1. The van der Waals surface area contributed by atoms with Crippen molar-refractivity contribution in [3.8, 4) is 0 Å². The summed E-state index contributed by atoms with van der Waals surface area (Å²) in [5.74, 6) is -0.705. The minimum Gasteiger partial charge on any atom is -0.324 e. The van der Waals surface area contributed by atoms with Gasteiger partial charge in [0.2, 0.25) is 5.91 Å². The molecule has 1 N–H and O–H groups in total. The third kappa shape index (κ3) is 3.25. The molecule has 0 aliphatic carbocycles. The quantitative estimate of drug-likeness (QED) is 0.896. The molecule has 0 unspecified atom stereocenters. The number of anilines is 1. The van der Waals surface area contributed by atoms with E-state index >= 15 is 0 Å². The topological polar surface area (TPSA) is 83.6 Å². The summed E-state index contributed by atoms with van der Waals surface area (Å²) in [5, 5.41) is 2.68. The van der Waals surface area contributed by atoms with Crippen LogP contribution in [-0.4, -0.2) is 37.9 Å². The predicted molar refractivity (Wildman–Crippen MR) is 99.4 cm³/mol. The number of nitrogens with one attached hydrogen (secondary N) is 1. The first kappa shape index (κ1) is 17.9. The van der Waals surface area contributed by atoms with E-state index in [0.717, 1.165) is 11.8 Å². The van der Waals surface area contributed by atoms with Crippen molar-refractivity contribution in [2.75, 3.05) is 18.1 Å². The lowest BCUT2D eigenvalue weighted by Gasteiger charge is -2.17. The van der Waals surface area contributed by atoms with E-state index < -0.39 is 15.7 Å². The average Bonchev–Trinajstić information content (AvgIpc) is 2.81. The third-order valence-electron chi connectivity index (χ3n) is 4.25. The van der Waals surface area contributed by atoms with Gasteiger partial charge in [0.1, 0.15) is 6.54 Å². The minimum atomic E-state index is -3.38. The molecule has 134 valence electrons. The van der Waals surface area contributed by atoms with Gasteiger partial charge < -0.3 is 5.32 Å². The molecule has 0 saturated carbocycles. The van der Waals surface area contributed by atoms with Crippen LogP contribution >= 0.6 is 0 Å². The Labute approximate surface area is 152 Å². The maximum absolute atomic E-state index is 12.5. The zero-order valence-electron chi connectivity index (χ0n) is 14.4. The fraction of sp³-hybridized carbons (Fsp3) is 0.158. The van der Waals surface area contributed by atoms with Crippen molar-refractivity contribution >= 4 is 33.0 Å².